The maximum Gasteiger partial charge on any atom is 0.326 e. The fourth-order valence-electron chi connectivity index (χ4n) is 1.90. The number of carbonyl (C=O) groups is 2. The molecule has 2 N–H and O–H groups in total. The largest absolute Gasteiger partial charge is 0.480 e. The van der Waals surface area contributed by atoms with Crippen molar-refractivity contribution < 1.29 is 19.1 Å². The summed E-state index contributed by atoms with van der Waals surface area (Å²) in [6.07, 6.45) is 1.04. The lowest BCUT2D eigenvalue weighted by Gasteiger charge is -2.12. The van der Waals surface area contributed by atoms with Crippen molar-refractivity contribution in [2.45, 2.75) is 25.8 Å². The minimum absolute atomic E-state index is 0.364. The Balaban J connectivity index is 2.20. The van der Waals surface area contributed by atoms with E-state index in [4.69, 9.17) is 5.11 Å². The number of halogens is 1. The number of aliphatic carboxylic acids is 1. The fourth-order valence-corrected chi connectivity index (χ4v) is 2.85. The number of carboxylic acid groups (broad SMARTS) is 1. The second kappa shape index (κ2) is 6.00. The first-order valence-electron chi connectivity index (χ1n) is 6.24. The van der Waals surface area contributed by atoms with Crippen LogP contribution in [0.15, 0.2) is 24.3 Å². The van der Waals surface area contributed by atoms with Crippen LogP contribution in [0.4, 0.5) is 4.39 Å². The van der Waals surface area contributed by atoms with Crippen molar-refractivity contribution in [3.63, 3.8) is 0 Å². The van der Waals surface area contributed by atoms with Crippen molar-refractivity contribution in [1.82, 2.24) is 5.32 Å². The second-order valence-electron chi connectivity index (χ2n) is 4.45. The molecule has 0 bridgehead atoms. The molecule has 1 aromatic carbocycles. The number of fused-ring (bicyclic) bond motifs is 1. The highest BCUT2D eigenvalue weighted by Gasteiger charge is 2.20. The van der Waals surface area contributed by atoms with Crippen LogP contribution in [0.1, 0.15) is 29.4 Å². The molecule has 0 fully saturated rings. The summed E-state index contributed by atoms with van der Waals surface area (Å²) in [6, 6.07) is 4.96. The van der Waals surface area contributed by atoms with Crippen LogP contribution in [0.2, 0.25) is 0 Å². The van der Waals surface area contributed by atoms with Crippen LogP contribution in [-0.4, -0.2) is 23.0 Å². The van der Waals surface area contributed by atoms with Crippen molar-refractivity contribution in [3.05, 3.63) is 35.0 Å². The van der Waals surface area contributed by atoms with E-state index in [0.717, 1.165) is 4.70 Å². The molecule has 0 saturated carbocycles. The number of carboxylic acids is 1. The number of amides is 1. The molecule has 0 aliphatic rings. The van der Waals surface area contributed by atoms with Gasteiger partial charge in [-0.05, 0) is 36.1 Å². The standard InChI is InChI=1S/C14H14FNO3S/c1-2-3-10(14(18)19)16-13(17)12-7-8-6-9(15)4-5-11(8)20-12/h4-7,10H,2-3H2,1H3,(H,16,17)(H,18,19)/t10-/m1/s1. The van der Waals surface area contributed by atoms with Gasteiger partial charge in [-0.15, -0.1) is 11.3 Å². The highest BCUT2D eigenvalue weighted by atomic mass is 32.1. The van der Waals surface area contributed by atoms with Gasteiger partial charge in [0.2, 0.25) is 0 Å². The van der Waals surface area contributed by atoms with Crippen molar-refractivity contribution in [2.24, 2.45) is 0 Å². The summed E-state index contributed by atoms with van der Waals surface area (Å²) >= 11 is 1.21. The van der Waals surface area contributed by atoms with Gasteiger partial charge < -0.3 is 10.4 Å². The van der Waals surface area contributed by atoms with Gasteiger partial charge in [0.15, 0.2) is 0 Å². The van der Waals surface area contributed by atoms with Gasteiger partial charge in [-0.25, -0.2) is 9.18 Å². The summed E-state index contributed by atoms with van der Waals surface area (Å²) in [5, 5.41) is 12.1. The van der Waals surface area contributed by atoms with Crippen LogP contribution in [-0.2, 0) is 4.79 Å². The Morgan fingerprint density at radius 1 is 1.40 bits per heavy atom. The predicted octanol–water partition coefficient (Wildman–Crippen LogP) is 3.02. The molecule has 2 rings (SSSR count). The lowest BCUT2D eigenvalue weighted by atomic mass is 10.1. The Morgan fingerprint density at radius 3 is 2.80 bits per heavy atom. The van der Waals surface area contributed by atoms with E-state index in [1.807, 2.05) is 6.92 Å². The average Bonchev–Trinajstić information content (AvgIpc) is 2.80. The Labute approximate surface area is 119 Å². The molecule has 0 unspecified atom stereocenters. The summed E-state index contributed by atoms with van der Waals surface area (Å²) in [5.41, 5.74) is 0. The quantitative estimate of drug-likeness (QED) is 0.891. The molecular weight excluding hydrogens is 281 g/mol. The van der Waals surface area contributed by atoms with Gasteiger partial charge in [0, 0.05) is 4.70 Å². The molecule has 1 amide bonds. The Morgan fingerprint density at radius 2 is 2.15 bits per heavy atom. The summed E-state index contributed by atoms with van der Waals surface area (Å²) in [4.78, 5) is 23.4. The minimum Gasteiger partial charge on any atom is -0.480 e. The third kappa shape index (κ3) is 3.14. The molecule has 0 spiro atoms. The van der Waals surface area contributed by atoms with E-state index in [1.54, 1.807) is 12.1 Å². The number of carbonyl (C=O) groups excluding carboxylic acids is 1. The van der Waals surface area contributed by atoms with Crippen molar-refractivity contribution in [1.29, 1.82) is 0 Å². The number of thiophene rings is 1. The lowest BCUT2D eigenvalue weighted by Crippen LogP contribution is -2.40. The van der Waals surface area contributed by atoms with E-state index < -0.39 is 17.9 Å². The molecule has 4 nitrogen and oxygen atoms in total. The molecule has 0 saturated heterocycles. The van der Waals surface area contributed by atoms with E-state index in [2.05, 4.69) is 5.32 Å². The van der Waals surface area contributed by atoms with Crippen LogP contribution in [0.3, 0.4) is 0 Å². The number of hydrogen-bond acceptors (Lipinski definition) is 3. The first-order valence-corrected chi connectivity index (χ1v) is 7.05. The minimum atomic E-state index is -1.05. The number of rotatable bonds is 5. The first-order chi connectivity index (χ1) is 9.51. The Bertz CT molecular complexity index is 653. The summed E-state index contributed by atoms with van der Waals surface area (Å²) in [5.74, 6) is -1.85. The molecule has 0 radical (unpaired) electrons. The van der Waals surface area contributed by atoms with E-state index in [1.165, 1.54) is 23.5 Å². The third-order valence-electron chi connectivity index (χ3n) is 2.88. The number of benzene rings is 1. The Kier molecular flexibility index (Phi) is 4.34. The highest BCUT2D eigenvalue weighted by molar-refractivity contribution is 7.20. The van der Waals surface area contributed by atoms with Crippen LogP contribution < -0.4 is 5.32 Å². The van der Waals surface area contributed by atoms with Crippen molar-refractivity contribution >= 4 is 33.3 Å². The lowest BCUT2D eigenvalue weighted by molar-refractivity contribution is -0.139. The molecule has 0 aliphatic carbocycles. The molecule has 0 aliphatic heterocycles. The van der Waals surface area contributed by atoms with Gasteiger partial charge in [-0.3, -0.25) is 4.79 Å². The van der Waals surface area contributed by atoms with E-state index in [0.29, 0.717) is 23.1 Å². The molecule has 6 heteroatoms. The van der Waals surface area contributed by atoms with Crippen LogP contribution >= 0.6 is 11.3 Å². The molecule has 1 heterocycles. The van der Waals surface area contributed by atoms with Crippen LogP contribution in [0.5, 0.6) is 0 Å². The number of hydrogen-bond donors (Lipinski definition) is 2. The third-order valence-corrected chi connectivity index (χ3v) is 4.00. The van der Waals surface area contributed by atoms with Gasteiger partial charge in [0.05, 0.1) is 4.88 Å². The van der Waals surface area contributed by atoms with E-state index in [9.17, 15) is 14.0 Å². The van der Waals surface area contributed by atoms with Gasteiger partial charge in [0.25, 0.3) is 5.91 Å². The topological polar surface area (TPSA) is 66.4 Å². The summed E-state index contributed by atoms with van der Waals surface area (Å²) in [7, 11) is 0. The van der Waals surface area contributed by atoms with Crippen molar-refractivity contribution in [2.75, 3.05) is 0 Å². The van der Waals surface area contributed by atoms with Crippen LogP contribution in [0, 0.1) is 5.82 Å². The first kappa shape index (κ1) is 14.5. The van der Waals surface area contributed by atoms with Gasteiger partial charge >= 0.3 is 5.97 Å². The maximum absolute atomic E-state index is 13.1. The SMILES string of the molecule is CCC[C@@H](NC(=O)c1cc2cc(F)ccc2s1)C(=O)O. The number of nitrogens with one attached hydrogen (secondary N) is 1. The van der Waals surface area contributed by atoms with E-state index in [-0.39, 0.29) is 5.82 Å². The van der Waals surface area contributed by atoms with Gasteiger partial charge in [0.1, 0.15) is 11.9 Å². The second-order valence-corrected chi connectivity index (χ2v) is 5.53. The average molecular weight is 295 g/mol. The molecule has 2 aromatic rings. The molecule has 1 atom stereocenters. The fraction of sp³-hybridized carbons (Fsp3) is 0.286. The molecular formula is C14H14FNO3S. The van der Waals surface area contributed by atoms with Gasteiger partial charge in [-0.2, -0.15) is 0 Å². The highest BCUT2D eigenvalue weighted by Crippen LogP contribution is 2.26. The molecule has 20 heavy (non-hydrogen) atoms. The summed E-state index contributed by atoms with van der Waals surface area (Å²) in [6.45, 7) is 1.85. The van der Waals surface area contributed by atoms with Crippen LogP contribution in [0.25, 0.3) is 10.1 Å². The predicted molar refractivity (Wildman–Crippen MR) is 75.6 cm³/mol. The van der Waals surface area contributed by atoms with Gasteiger partial charge in [-0.1, -0.05) is 13.3 Å². The zero-order valence-electron chi connectivity index (χ0n) is 10.9. The smallest absolute Gasteiger partial charge is 0.326 e. The normalized spacial score (nSPS) is 12.3. The Hall–Kier alpha value is -1.95. The van der Waals surface area contributed by atoms with Crippen molar-refractivity contribution in [3.8, 4) is 0 Å². The maximum atomic E-state index is 13.1. The molecule has 106 valence electrons. The summed E-state index contributed by atoms with van der Waals surface area (Å²) < 4.78 is 13.9. The zero-order chi connectivity index (χ0) is 14.7. The molecule has 1 aromatic heterocycles. The monoisotopic (exact) mass is 295 g/mol. The van der Waals surface area contributed by atoms with E-state index >= 15 is 0 Å². The zero-order valence-corrected chi connectivity index (χ0v) is 11.7.